The SMILES string of the molecule is CC1=CC(O)=CC(O)C1. The van der Waals surface area contributed by atoms with Crippen LogP contribution < -0.4 is 0 Å². The van der Waals surface area contributed by atoms with E-state index in [1.165, 1.54) is 6.08 Å². The Balaban J connectivity index is 2.74. The highest BCUT2D eigenvalue weighted by Gasteiger charge is 2.07. The highest BCUT2D eigenvalue weighted by atomic mass is 16.3. The topological polar surface area (TPSA) is 40.5 Å². The lowest BCUT2D eigenvalue weighted by atomic mass is 10.0. The van der Waals surface area contributed by atoms with Crippen LogP contribution in [0.4, 0.5) is 0 Å². The first kappa shape index (κ1) is 6.36. The summed E-state index contributed by atoms with van der Waals surface area (Å²) in [6, 6.07) is 0. The summed E-state index contributed by atoms with van der Waals surface area (Å²) in [4.78, 5) is 0. The molecule has 0 aromatic heterocycles. The fourth-order valence-corrected chi connectivity index (χ4v) is 0.945. The molecule has 1 rings (SSSR count). The van der Waals surface area contributed by atoms with Crippen molar-refractivity contribution in [2.75, 3.05) is 0 Å². The predicted molar refractivity (Wildman–Crippen MR) is 35.1 cm³/mol. The highest BCUT2D eigenvalue weighted by molar-refractivity contribution is 5.23. The van der Waals surface area contributed by atoms with Crippen LogP contribution in [0.5, 0.6) is 0 Å². The van der Waals surface area contributed by atoms with Gasteiger partial charge in [-0.2, -0.15) is 0 Å². The van der Waals surface area contributed by atoms with Crippen LogP contribution in [-0.4, -0.2) is 16.3 Å². The molecule has 9 heavy (non-hydrogen) atoms. The summed E-state index contributed by atoms with van der Waals surface area (Å²) in [6.45, 7) is 1.88. The van der Waals surface area contributed by atoms with E-state index in [-0.39, 0.29) is 5.76 Å². The molecule has 0 heterocycles. The summed E-state index contributed by atoms with van der Waals surface area (Å²) in [5.74, 6) is 0.172. The van der Waals surface area contributed by atoms with Crippen LogP contribution in [0.15, 0.2) is 23.5 Å². The van der Waals surface area contributed by atoms with Crippen LogP contribution in [0.2, 0.25) is 0 Å². The Labute approximate surface area is 54.1 Å². The summed E-state index contributed by atoms with van der Waals surface area (Å²) in [7, 11) is 0. The number of hydrogen-bond donors (Lipinski definition) is 2. The molecule has 2 heteroatoms. The molecule has 0 amide bonds. The van der Waals surface area contributed by atoms with E-state index in [1.54, 1.807) is 6.08 Å². The Bertz CT molecular complexity index is 168. The van der Waals surface area contributed by atoms with E-state index in [9.17, 15) is 0 Å². The molecule has 1 unspecified atom stereocenters. The normalized spacial score (nSPS) is 27.1. The summed E-state index contributed by atoms with van der Waals surface area (Å²) in [5, 5.41) is 17.8. The maximum atomic E-state index is 8.97. The largest absolute Gasteiger partial charge is 0.508 e. The Morgan fingerprint density at radius 3 is 2.78 bits per heavy atom. The molecular formula is C7H10O2. The zero-order chi connectivity index (χ0) is 6.85. The molecule has 0 aromatic carbocycles. The molecule has 0 aliphatic heterocycles. The van der Waals surface area contributed by atoms with Gasteiger partial charge < -0.3 is 10.2 Å². The van der Waals surface area contributed by atoms with Crippen LogP contribution in [0.3, 0.4) is 0 Å². The van der Waals surface area contributed by atoms with Gasteiger partial charge in [-0.15, -0.1) is 0 Å². The molecule has 0 fully saturated rings. The Kier molecular flexibility index (Phi) is 1.58. The first-order valence-corrected chi connectivity index (χ1v) is 2.94. The second-order valence-electron chi connectivity index (χ2n) is 2.35. The van der Waals surface area contributed by atoms with Gasteiger partial charge in [0.15, 0.2) is 0 Å². The van der Waals surface area contributed by atoms with Crippen molar-refractivity contribution in [3.63, 3.8) is 0 Å². The monoisotopic (exact) mass is 126 g/mol. The van der Waals surface area contributed by atoms with Gasteiger partial charge in [0.1, 0.15) is 5.76 Å². The van der Waals surface area contributed by atoms with E-state index in [1.807, 2.05) is 6.92 Å². The average Bonchev–Trinajstić information content (AvgIpc) is 1.59. The number of aliphatic hydroxyl groups excluding tert-OH is 2. The second-order valence-corrected chi connectivity index (χ2v) is 2.35. The highest BCUT2D eigenvalue weighted by Crippen LogP contribution is 2.14. The Hall–Kier alpha value is -0.760. The lowest BCUT2D eigenvalue weighted by molar-refractivity contribution is 0.214. The van der Waals surface area contributed by atoms with Crippen molar-refractivity contribution in [3.8, 4) is 0 Å². The number of rotatable bonds is 0. The van der Waals surface area contributed by atoms with Crippen molar-refractivity contribution in [1.29, 1.82) is 0 Å². The van der Waals surface area contributed by atoms with Crippen LogP contribution in [0.25, 0.3) is 0 Å². The zero-order valence-corrected chi connectivity index (χ0v) is 5.33. The molecule has 1 aliphatic carbocycles. The maximum Gasteiger partial charge on any atom is 0.114 e. The van der Waals surface area contributed by atoms with Crippen molar-refractivity contribution in [2.24, 2.45) is 0 Å². The van der Waals surface area contributed by atoms with Gasteiger partial charge in [0.05, 0.1) is 6.10 Å². The van der Waals surface area contributed by atoms with Gasteiger partial charge >= 0.3 is 0 Å². The van der Waals surface area contributed by atoms with E-state index in [0.717, 1.165) is 5.57 Å². The lowest BCUT2D eigenvalue weighted by Gasteiger charge is -2.10. The third kappa shape index (κ3) is 1.57. The number of hydrogen-bond acceptors (Lipinski definition) is 2. The minimum atomic E-state index is -0.491. The smallest absolute Gasteiger partial charge is 0.114 e. The van der Waals surface area contributed by atoms with Crippen molar-refractivity contribution in [2.45, 2.75) is 19.4 Å². The standard InChI is InChI=1S/C7H10O2/c1-5-2-6(8)4-7(9)3-5/h2,4,7-9H,3H2,1H3. The molecule has 0 saturated carbocycles. The van der Waals surface area contributed by atoms with Crippen molar-refractivity contribution < 1.29 is 10.2 Å². The molecule has 2 nitrogen and oxygen atoms in total. The van der Waals surface area contributed by atoms with Gasteiger partial charge in [-0.05, 0) is 25.5 Å². The minimum absolute atomic E-state index is 0.172. The minimum Gasteiger partial charge on any atom is -0.508 e. The van der Waals surface area contributed by atoms with Crippen LogP contribution in [-0.2, 0) is 0 Å². The fourth-order valence-electron chi connectivity index (χ4n) is 0.945. The molecule has 0 aromatic rings. The van der Waals surface area contributed by atoms with Crippen molar-refractivity contribution >= 4 is 0 Å². The van der Waals surface area contributed by atoms with E-state index < -0.39 is 6.10 Å². The van der Waals surface area contributed by atoms with Gasteiger partial charge in [-0.1, -0.05) is 5.57 Å². The third-order valence-electron chi connectivity index (χ3n) is 1.29. The van der Waals surface area contributed by atoms with Crippen LogP contribution in [0, 0.1) is 0 Å². The fraction of sp³-hybridized carbons (Fsp3) is 0.429. The number of aliphatic hydroxyl groups is 2. The average molecular weight is 126 g/mol. The zero-order valence-electron chi connectivity index (χ0n) is 5.33. The van der Waals surface area contributed by atoms with E-state index in [2.05, 4.69) is 0 Å². The molecule has 1 atom stereocenters. The van der Waals surface area contributed by atoms with Gasteiger partial charge in [0.2, 0.25) is 0 Å². The predicted octanol–water partition coefficient (Wildman–Crippen LogP) is 1.14. The van der Waals surface area contributed by atoms with Gasteiger partial charge in [0, 0.05) is 0 Å². The van der Waals surface area contributed by atoms with E-state index in [0.29, 0.717) is 6.42 Å². The van der Waals surface area contributed by atoms with Gasteiger partial charge in [0.25, 0.3) is 0 Å². The summed E-state index contributed by atoms with van der Waals surface area (Å²) in [6.07, 6.45) is 3.25. The molecule has 0 radical (unpaired) electrons. The molecule has 0 bridgehead atoms. The van der Waals surface area contributed by atoms with Crippen LogP contribution >= 0.6 is 0 Å². The van der Waals surface area contributed by atoms with Gasteiger partial charge in [-0.3, -0.25) is 0 Å². The summed E-state index contributed by atoms with van der Waals surface area (Å²) < 4.78 is 0. The molecule has 2 N–H and O–H groups in total. The Morgan fingerprint density at radius 1 is 1.67 bits per heavy atom. The van der Waals surface area contributed by atoms with E-state index >= 15 is 0 Å². The van der Waals surface area contributed by atoms with Gasteiger partial charge in [-0.25, -0.2) is 0 Å². The van der Waals surface area contributed by atoms with Crippen LogP contribution in [0.1, 0.15) is 13.3 Å². The second kappa shape index (κ2) is 2.23. The van der Waals surface area contributed by atoms with Crippen molar-refractivity contribution in [3.05, 3.63) is 23.5 Å². The first-order chi connectivity index (χ1) is 4.18. The maximum absolute atomic E-state index is 8.97. The number of allylic oxidation sites excluding steroid dienone is 1. The Morgan fingerprint density at radius 2 is 2.33 bits per heavy atom. The quantitative estimate of drug-likeness (QED) is 0.511. The first-order valence-electron chi connectivity index (χ1n) is 2.94. The molecule has 1 aliphatic rings. The molecular weight excluding hydrogens is 116 g/mol. The lowest BCUT2D eigenvalue weighted by Crippen LogP contribution is -2.07. The van der Waals surface area contributed by atoms with E-state index in [4.69, 9.17) is 10.2 Å². The third-order valence-corrected chi connectivity index (χ3v) is 1.29. The summed E-state index contributed by atoms with van der Waals surface area (Å²) in [5.41, 5.74) is 1.02. The summed E-state index contributed by atoms with van der Waals surface area (Å²) >= 11 is 0. The van der Waals surface area contributed by atoms with Crippen molar-refractivity contribution in [1.82, 2.24) is 0 Å². The molecule has 50 valence electrons. The molecule has 0 spiro atoms. The molecule has 0 saturated heterocycles.